The molecule has 5 heteroatoms. The fourth-order valence-electron chi connectivity index (χ4n) is 1.68. The average molecular weight is 275 g/mol. The molecule has 0 aliphatic heterocycles. The van der Waals surface area contributed by atoms with Crippen molar-refractivity contribution in [3.63, 3.8) is 0 Å². The quantitative estimate of drug-likeness (QED) is 0.616. The van der Waals surface area contributed by atoms with E-state index in [2.05, 4.69) is 4.74 Å². The zero-order valence-electron chi connectivity index (χ0n) is 10.3. The van der Waals surface area contributed by atoms with Crippen molar-refractivity contribution in [3.05, 3.63) is 46.5 Å². The highest BCUT2D eigenvalue weighted by molar-refractivity contribution is 6.30. The molecule has 0 aliphatic rings. The van der Waals surface area contributed by atoms with Crippen LogP contribution in [0.3, 0.4) is 0 Å². The average Bonchev–Trinajstić information content (AvgIpc) is 2.28. The summed E-state index contributed by atoms with van der Waals surface area (Å²) >= 11 is 5.74. The second-order valence-electron chi connectivity index (χ2n) is 4.26. The minimum Gasteiger partial charge on any atom is -0.465 e. The number of carbonyl (C=O) groups excluding carboxylic acids is 1. The zero-order valence-corrected chi connectivity index (χ0v) is 11.0. The first-order chi connectivity index (χ1) is 8.30. The molecule has 0 atom stereocenters. The molecule has 1 aromatic rings. The van der Waals surface area contributed by atoms with Gasteiger partial charge in [0.25, 0.3) is 6.08 Å². The number of ether oxygens (including phenoxy) is 1. The molecule has 0 amide bonds. The van der Waals surface area contributed by atoms with Crippen molar-refractivity contribution in [3.8, 4) is 0 Å². The first kappa shape index (κ1) is 14.6. The lowest BCUT2D eigenvalue weighted by Gasteiger charge is -2.26. The highest BCUT2D eigenvalue weighted by atomic mass is 35.5. The Morgan fingerprint density at radius 1 is 1.22 bits per heavy atom. The van der Waals surface area contributed by atoms with Crippen molar-refractivity contribution in [1.82, 2.24) is 0 Å². The van der Waals surface area contributed by atoms with Crippen LogP contribution in [0, 0.1) is 0 Å². The molecular formula is C13H13ClF2O2. The molecule has 0 aliphatic carbocycles. The normalized spacial score (nSPS) is 11.0. The largest absolute Gasteiger partial charge is 0.465 e. The molecule has 0 spiro atoms. The van der Waals surface area contributed by atoms with Gasteiger partial charge in [0.05, 0.1) is 7.11 Å². The van der Waals surface area contributed by atoms with Crippen LogP contribution in [-0.4, -0.2) is 13.1 Å². The molecule has 0 aromatic heterocycles. The third kappa shape index (κ3) is 2.88. The van der Waals surface area contributed by atoms with Gasteiger partial charge in [-0.05, 0) is 17.7 Å². The number of methoxy groups -OCH3 is 1. The molecule has 0 saturated heterocycles. The zero-order chi connectivity index (χ0) is 13.9. The molecule has 98 valence electrons. The summed E-state index contributed by atoms with van der Waals surface area (Å²) in [5.74, 6) is -1.03. The van der Waals surface area contributed by atoms with Crippen molar-refractivity contribution in [2.24, 2.45) is 0 Å². The second kappa shape index (κ2) is 5.48. The van der Waals surface area contributed by atoms with Gasteiger partial charge in [-0.3, -0.25) is 0 Å². The summed E-state index contributed by atoms with van der Waals surface area (Å²) in [5, 5.41) is 0.499. The van der Waals surface area contributed by atoms with Crippen LogP contribution in [0.4, 0.5) is 8.78 Å². The fraction of sp³-hybridized carbons (Fsp3) is 0.308. The van der Waals surface area contributed by atoms with Gasteiger partial charge in [-0.15, -0.1) is 0 Å². The first-order valence-corrected chi connectivity index (χ1v) is 5.58. The minimum absolute atomic E-state index is 0.499. The van der Waals surface area contributed by atoms with E-state index >= 15 is 0 Å². The Labute approximate surface area is 109 Å². The molecular weight excluding hydrogens is 262 g/mol. The van der Waals surface area contributed by atoms with Crippen LogP contribution in [0.5, 0.6) is 0 Å². The predicted molar refractivity (Wildman–Crippen MR) is 65.7 cm³/mol. The molecule has 0 N–H and O–H groups in total. The summed E-state index contributed by atoms with van der Waals surface area (Å²) < 4.78 is 30.3. The number of hydrogen-bond acceptors (Lipinski definition) is 2. The smallest absolute Gasteiger partial charge is 0.340 e. The molecule has 0 saturated carbocycles. The number of rotatable bonds is 3. The maximum Gasteiger partial charge on any atom is 0.340 e. The third-order valence-electron chi connectivity index (χ3n) is 2.77. The van der Waals surface area contributed by atoms with E-state index in [0.717, 1.165) is 7.11 Å². The fourth-order valence-corrected chi connectivity index (χ4v) is 1.81. The van der Waals surface area contributed by atoms with Crippen molar-refractivity contribution in [2.45, 2.75) is 19.3 Å². The lowest BCUT2D eigenvalue weighted by molar-refractivity contribution is -0.137. The Morgan fingerprint density at radius 2 is 1.72 bits per heavy atom. The van der Waals surface area contributed by atoms with Crippen LogP contribution in [-0.2, 0) is 14.9 Å². The van der Waals surface area contributed by atoms with Crippen LogP contribution in [0.1, 0.15) is 19.4 Å². The number of halogens is 3. The SMILES string of the molecule is COC(=O)C(=C(F)F)C(C)(C)c1ccc(Cl)cc1. The molecule has 1 aromatic carbocycles. The Kier molecular flexibility index (Phi) is 4.46. The lowest BCUT2D eigenvalue weighted by atomic mass is 9.78. The van der Waals surface area contributed by atoms with Gasteiger partial charge in [0.2, 0.25) is 0 Å². The predicted octanol–water partition coefficient (Wildman–Crippen LogP) is 3.94. The van der Waals surface area contributed by atoms with Crippen molar-refractivity contribution >= 4 is 17.6 Å². The van der Waals surface area contributed by atoms with Gasteiger partial charge < -0.3 is 4.74 Å². The molecule has 0 radical (unpaired) electrons. The molecule has 0 unspecified atom stereocenters. The van der Waals surface area contributed by atoms with Gasteiger partial charge in [0.1, 0.15) is 5.57 Å². The minimum atomic E-state index is -2.04. The lowest BCUT2D eigenvalue weighted by Crippen LogP contribution is -2.27. The summed E-state index contributed by atoms with van der Waals surface area (Å²) in [6.07, 6.45) is -2.04. The third-order valence-corrected chi connectivity index (χ3v) is 3.02. The number of esters is 1. The van der Waals surface area contributed by atoms with Gasteiger partial charge in [0.15, 0.2) is 0 Å². The van der Waals surface area contributed by atoms with Crippen LogP contribution in [0.15, 0.2) is 35.9 Å². The second-order valence-corrected chi connectivity index (χ2v) is 4.70. The van der Waals surface area contributed by atoms with E-state index in [1.165, 1.54) is 13.8 Å². The van der Waals surface area contributed by atoms with E-state index in [1.54, 1.807) is 24.3 Å². The topological polar surface area (TPSA) is 26.3 Å². The summed E-state index contributed by atoms with van der Waals surface area (Å²) in [4.78, 5) is 11.5. The van der Waals surface area contributed by atoms with Gasteiger partial charge in [0, 0.05) is 10.4 Å². The Hall–Kier alpha value is -1.42. The summed E-state index contributed by atoms with van der Waals surface area (Å²) in [7, 11) is 1.07. The maximum absolute atomic E-state index is 12.9. The molecule has 0 bridgehead atoms. The Balaban J connectivity index is 3.30. The number of benzene rings is 1. The number of hydrogen-bond donors (Lipinski definition) is 0. The summed E-state index contributed by atoms with van der Waals surface area (Å²) in [6.45, 7) is 3.06. The van der Waals surface area contributed by atoms with E-state index in [0.29, 0.717) is 10.6 Å². The van der Waals surface area contributed by atoms with E-state index in [9.17, 15) is 13.6 Å². The maximum atomic E-state index is 12.9. The van der Waals surface area contributed by atoms with Gasteiger partial charge in [-0.2, -0.15) is 8.78 Å². The van der Waals surface area contributed by atoms with Crippen molar-refractivity contribution < 1.29 is 18.3 Å². The molecule has 0 fully saturated rings. The Bertz CT molecular complexity index is 474. The summed E-state index contributed by atoms with van der Waals surface area (Å²) in [6, 6.07) is 6.38. The van der Waals surface area contributed by atoms with Crippen LogP contribution < -0.4 is 0 Å². The first-order valence-electron chi connectivity index (χ1n) is 5.20. The van der Waals surface area contributed by atoms with E-state index in [1.807, 2.05) is 0 Å². The van der Waals surface area contributed by atoms with Crippen molar-refractivity contribution in [1.29, 1.82) is 0 Å². The van der Waals surface area contributed by atoms with Crippen molar-refractivity contribution in [2.75, 3.05) is 7.11 Å². The molecule has 0 heterocycles. The molecule has 1 rings (SSSR count). The van der Waals surface area contributed by atoms with Crippen LogP contribution >= 0.6 is 11.6 Å². The standard InChI is InChI=1S/C13H13ClF2O2/c1-13(2,8-4-6-9(14)7-5-8)10(11(15)16)12(17)18-3/h4-7H,1-3H3. The van der Waals surface area contributed by atoms with E-state index in [4.69, 9.17) is 11.6 Å². The Morgan fingerprint density at radius 3 is 2.11 bits per heavy atom. The van der Waals surface area contributed by atoms with Gasteiger partial charge in [-0.25, -0.2) is 4.79 Å². The highest BCUT2D eigenvalue weighted by Crippen LogP contribution is 2.35. The molecule has 2 nitrogen and oxygen atoms in total. The monoisotopic (exact) mass is 274 g/mol. The number of carbonyl (C=O) groups is 1. The van der Waals surface area contributed by atoms with E-state index in [-0.39, 0.29) is 0 Å². The van der Waals surface area contributed by atoms with Gasteiger partial charge in [-0.1, -0.05) is 37.6 Å². The highest BCUT2D eigenvalue weighted by Gasteiger charge is 2.35. The van der Waals surface area contributed by atoms with Crippen LogP contribution in [0.25, 0.3) is 0 Å². The van der Waals surface area contributed by atoms with E-state index < -0.39 is 23.0 Å². The molecule has 18 heavy (non-hydrogen) atoms. The summed E-state index contributed by atoms with van der Waals surface area (Å²) in [5.41, 5.74) is -1.25. The van der Waals surface area contributed by atoms with Crippen LogP contribution in [0.2, 0.25) is 5.02 Å². The van der Waals surface area contributed by atoms with Gasteiger partial charge >= 0.3 is 5.97 Å².